The van der Waals surface area contributed by atoms with Crippen molar-refractivity contribution in [2.45, 2.75) is 38.5 Å². The third-order valence-electron chi connectivity index (χ3n) is 4.23. The van der Waals surface area contributed by atoms with Crippen LogP contribution in [0.1, 0.15) is 38.5 Å². The zero-order chi connectivity index (χ0) is 18.3. The fraction of sp³-hybridized carbons (Fsp3) is 0.500. The lowest BCUT2D eigenvalue weighted by atomic mass is 9.97. The van der Waals surface area contributed by atoms with Crippen LogP contribution in [0.15, 0.2) is 35.9 Å². The van der Waals surface area contributed by atoms with Crippen molar-refractivity contribution in [3.8, 4) is 0 Å². The van der Waals surface area contributed by atoms with E-state index in [1.165, 1.54) is 34.5 Å². The van der Waals surface area contributed by atoms with Crippen molar-refractivity contribution in [2.75, 3.05) is 24.7 Å². The molecule has 0 spiro atoms. The molecule has 0 unspecified atom stereocenters. The number of nitrogens with one attached hydrogen (secondary N) is 1. The second kappa shape index (κ2) is 9.10. The van der Waals surface area contributed by atoms with Gasteiger partial charge < -0.3 is 5.32 Å². The first-order chi connectivity index (χ1) is 11.8. The molecule has 0 saturated heterocycles. The normalized spacial score (nSPS) is 15.1. The van der Waals surface area contributed by atoms with Crippen molar-refractivity contribution in [1.82, 2.24) is 4.31 Å². The number of halogens is 1. The maximum atomic E-state index is 13.1. The molecule has 1 N–H and O–H groups in total. The number of hydrogen-bond acceptors (Lipinski definition) is 3. The van der Waals surface area contributed by atoms with Crippen molar-refractivity contribution in [2.24, 2.45) is 0 Å². The van der Waals surface area contributed by atoms with Gasteiger partial charge in [-0.1, -0.05) is 17.7 Å². The standard InChI is InChI=1S/C18H25FN2O3S/c1-25(23,24)21(12-10-15-6-3-2-4-7-15)13-11-18(22)20-17-9-5-8-16(19)14-17/h5-6,8-9,14H,2-4,7,10-13H2,1H3,(H,20,22). The molecular formula is C18H25FN2O3S. The molecule has 2 rings (SSSR count). The fourth-order valence-electron chi connectivity index (χ4n) is 2.86. The molecule has 0 heterocycles. The molecule has 0 saturated carbocycles. The van der Waals surface area contributed by atoms with Gasteiger partial charge in [-0.2, -0.15) is 0 Å². The number of rotatable bonds is 8. The van der Waals surface area contributed by atoms with Crippen LogP contribution in [-0.4, -0.2) is 38.0 Å². The molecule has 1 amide bonds. The largest absolute Gasteiger partial charge is 0.326 e. The van der Waals surface area contributed by atoms with Crippen LogP contribution in [0.5, 0.6) is 0 Å². The van der Waals surface area contributed by atoms with E-state index in [2.05, 4.69) is 11.4 Å². The lowest BCUT2D eigenvalue weighted by Gasteiger charge is -2.21. The molecule has 5 nitrogen and oxygen atoms in total. The molecule has 0 aliphatic heterocycles. The van der Waals surface area contributed by atoms with Crippen LogP contribution in [-0.2, 0) is 14.8 Å². The topological polar surface area (TPSA) is 66.5 Å². The van der Waals surface area contributed by atoms with Crippen LogP contribution >= 0.6 is 0 Å². The molecular weight excluding hydrogens is 343 g/mol. The zero-order valence-electron chi connectivity index (χ0n) is 14.5. The first kappa shape index (κ1) is 19.6. The zero-order valence-corrected chi connectivity index (χ0v) is 15.3. The number of carbonyl (C=O) groups excluding carboxylic acids is 1. The second-order valence-corrected chi connectivity index (χ2v) is 8.31. The first-order valence-corrected chi connectivity index (χ1v) is 10.4. The predicted octanol–water partition coefficient (Wildman–Crippen LogP) is 3.31. The van der Waals surface area contributed by atoms with Gasteiger partial charge in [0.1, 0.15) is 5.82 Å². The number of carbonyl (C=O) groups is 1. The molecule has 1 aliphatic carbocycles. The highest BCUT2D eigenvalue weighted by Gasteiger charge is 2.18. The van der Waals surface area contributed by atoms with Gasteiger partial charge in [0.2, 0.25) is 15.9 Å². The van der Waals surface area contributed by atoms with Crippen LogP contribution in [0, 0.1) is 5.82 Å². The van der Waals surface area contributed by atoms with Gasteiger partial charge >= 0.3 is 0 Å². The third kappa shape index (κ3) is 6.96. The summed E-state index contributed by atoms with van der Waals surface area (Å²) in [6.45, 7) is 0.505. The van der Waals surface area contributed by atoms with E-state index in [-0.39, 0.29) is 18.9 Å². The summed E-state index contributed by atoms with van der Waals surface area (Å²) in [5, 5.41) is 2.58. The summed E-state index contributed by atoms with van der Waals surface area (Å²) in [6.07, 6.45) is 8.52. The van der Waals surface area contributed by atoms with Gasteiger partial charge in [-0.15, -0.1) is 0 Å². The SMILES string of the molecule is CS(=O)(=O)N(CCC(=O)Nc1cccc(F)c1)CCC1=CCCCC1. The van der Waals surface area contributed by atoms with Crippen LogP contribution in [0.25, 0.3) is 0 Å². The molecule has 1 aromatic carbocycles. The Labute approximate surface area is 149 Å². The number of nitrogens with zero attached hydrogens (tertiary/aromatic N) is 1. The summed E-state index contributed by atoms with van der Waals surface area (Å²) < 4.78 is 38.4. The van der Waals surface area contributed by atoms with E-state index >= 15 is 0 Å². The molecule has 0 atom stereocenters. The maximum Gasteiger partial charge on any atom is 0.225 e. The number of allylic oxidation sites excluding steroid dienone is 1. The van der Waals surface area contributed by atoms with E-state index in [4.69, 9.17) is 0 Å². The van der Waals surface area contributed by atoms with Gasteiger partial charge in [-0.3, -0.25) is 4.79 Å². The summed E-state index contributed by atoms with van der Waals surface area (Å²) in [6, 6.07) is 5.61. The van der Waals surface area contributed by atoms with Crippen LogP contribution in [0.3, 0.4) is 0 Å². The lowest BCUT2D eigenvalue weighted by molar-refractivity contribution is -0.116. The third-order valence-corrected chi connectivity index (χ3v) is 5.54. The summed E-state index contributed by atoms with van der Waals surface area (Å²) in [5.74, 6) is -0.771. The average Bonchev–Trinajstić information content (AvgIpc) is 2.54. The van der Waals surface area contributed by atoms with Gasteiger partial charge in [0.25, 0.3) is 0 Å². The molecule has 0 radical (unpaired) electrons. The smallest absolute Gasteiger partial charge is 0.225 e. The van der Waals surface area contributed by atoms with E-state index in [0.29, 0.717) is 18.7 Å². The summed E-state index contributed by atoms with van der Waals surface area (Å²) in [5.41, 5.74) is 1.66. The van der Waals surface area contributed by atoms with E-state index in [0.717, 1.165) is 25.5 Å². The van der Waals surface area contributed by atoms with Crippen LogP contribution in [0.2, 0.25) is 0 Å². The Kier molecular flexibility index (Phi) is 7.13. The van der Waals surface area contributed by atoms with E-state index < -0.39 is 15.8 Å². The highest BCUT2D eigenvalue weighted by molar-refractivity contribution is 7.88. The average molecular weight is 368 g/mol. The van der Waals surface area contributed by atoms with Gasteiger partial charge in [0.15, 0.2) is 0 Å². The maximum absolute atomic E-state index is 13.1. The number of benzene rings is 1. The number of anilines is 1. The summed E-state index contributed by atoms with van der Waals surface area (Å²) in [7, 11) is -3.37. The van der Waals surface area contributed by atoms with Gasteiger partial charge in [-0.05, 0) is 50.3 Å². The predicted molar refractivity (Wildman–Crippen MR) is 97.2 cm³/mol. The van der Waals surface area contributed by atoms with Crippen molar-refractivity contribution >= 4 is 21.6 Å². The Morgan fingerprint density at radius 3 is 2.72 bits per heavy atom. The van der Waals surface area contributed by atoms with Gasteiger partial charge in [0, 0.05) is 25.2 Å². The Hall–Kier alpha value is -1.73. The Bertz CT molecular complexity index is 732. The van der Waals surface area contributed by atoms with Gasteiger partial charge in [-0.25, -0.2) is 17.1 Å². The number of amides is 1. The molecule has 1 aliphatic rings. The highest BCUT2D eigenvalue weighted by atomic mass is 32.2. The van der Waals surface area contributed by atoms with Crippen molar-refractivity contribution in [3.63, 3.8) is 0 Å². The fourth-order valence-corrected chi connectivity index (χ4v) is 3.71. The molecule has 138 valence electrons. The minimum absolute atomic E-state index is 0.0304. The van der Waals surface area contributed by atoms with E-state index in [9.17, 15) is 17.6 Å². The quantitative estimate of drug-likeness (QED) is 0.716. The van der Waals surface area contributed by atoms with Crippen molar-refractivity contribution in [3.05, 3.63) is 41.7 Å². The Morgan fingerprint density at radius 2 is 2.08 bits per heavy atom. The first-order valence-electron chi connectivity index (χ1n) is 8.53. The number of sulfonamides is 1. The lowest BCUT2D eigenvalue weighted by Crippen LogP contribution is -2.34. The van der Waals surface area contributed by atoms with E-state index in [1.807, 2.05) is 0 Å². The highest BCUT2D eigenvalue weighted by Crippen LogP contribution is 2.20. The van der Waals surface area contributed by atoms with Crippen LogP contribution < -0.4 is 5.32 Å². The minimum Gasteiger partial charge on any atom is -0.326 e. The molecule has 25 heavy (non-hydrogen) atoms. The molecule has 1 aromatic rings. The number of hydrogen-bond donors (Lipinski definition) is 1. The summed E-state index contributed by atoms with van der Waals surface area (Å²) >= 11 is 0. The Balaban J connectivity index is 1.86. The monoisotopic (exact) mass is 368 g/mol. The Morgan fingerprint density at radius 1 is 1.28 bits per heavy atom. The second-order valence-electron chi connectivity index (χ2n) is 6.33. The molecule has 7 heteroatoms. The van der Waals surface area contributed by atoms with E-state index in [1.54, 1.807) is 6.07 Å². The molecule has 0 bridgehead atoms. The van der Waals surface area contributed by atoms with Crippen molar-refractivity contribution in [1.29, 1.82) is 0 Å². The molecule has 0 aromatic heterocycles. The van der Waals surface area contributed by atoms with Crippen LogP contribution in [0.4, 0.5) is 10.1 Å². The van der Waals surface area contributed by atoms with Gasteiger partial charge in [0.05, 0.1) is 6.26 Å². The summed E-state index contributed by atoms with van der Waals surface area (Å²) in [4.78, 5) is 12.0. The minimum atomic E-state index is -3.37. The molecule has 0 fully saturated rings. The van der Waals surface area contributed by atoms with Crippen molar-refractivity contribution < 1.29 is 17.6 Å².